The predicted octanol–water partition coefficient (Wildman–Crippen LogP) is 1.98. The van der Waals surface area contributed by atoms with Crippen LogP contribution in [0.15, 0.2) is 4.99 Å². The molecule has 0 aromatic carbocycles. The monoisotopic (exact) mass is 467 g/mol. The number of imide groups is 1. The zero-order valence-electron chi connectivity index (χ0n) is 19.0. The van der Waals surface area contributed by atoms with Gasteiger partial charge < -0.3 is 19.1 Å². The number of carbonyl (C=O) groups is 3. The van der Waals surface area contributed by atoms with Crippen molar-refractivity contribution >= 4 is 34.7 Å². The molecule has 3 amide bonds. The number of hydrogen-bond acceptors (Lipinski definition) is 8. The first kappa shape index (κ1) is 23.7. The van der Waals surface area contributed by atoms with Crippen molar-refractivity contribution in [2.45, 2.75) is 74.5 Å². The Morgan fingerprint density at radius 1 is 1.06 bits per heavy atom. The highest BCUT2D eigenvalue weighted by Crippen LogP contribution is 2.36. The molecule has 4 rings (SSSR count). The maximum atomic E-state index is 13.0. The number of fused-ring (bicyclic) bond motifs is 1. The summed E-state index contributed by atoms with van der Waals surface area (Å²) in [5.41, 5.74) is 0. The molecule has 1 N–H and O–H groups in total. The number of amidine groups is 1. The molecule has 10 heteroatoms. The third-order valence-corrected chi connectivity index (χ3v) is 8.36. The molecule has 2 heterocycles. The van der Waals surface area contributed by atoms with E-state index in [9.17, 15) is 14.4 Å². The maximum Gasteiger partial charge on any atom is 0.286 e. The highest BCUT2D eigenvalue weighted by atomic mass is 32.2. The Kier molecular flexibility index (Phi) is 7.54. The minimum absolute atomic E-state index is 0.0611. The van der Waals surface area contributed by atoms with Gasteiger partial charge in [0.2, 0.25) is 11.8 Å². The topological polar surface area (TPSA) is 107 Å². The Labute approximate surface area is 193 Å². The smallest absolute Gasteiger partial charge is 0.286 e. The van der Waals surface area contributed by atoms with Crippen molar-refractivity contribution in [2.24, 2.45) is 16.8 Å². The lowest BCUT2D eigenvalue weighted by Crippen LogP contribution is -2.54. The number of carbonyl (C=O) groups excluding carboxylic acids is 3. The summed E-state index contributed by atoms with van der Waals surface area (Å²) in [4.78, 5) is 42.6. The highest BCUT2D eigenvalue weighted by Gasteiger charge is 2.45. The van der Waals surface area contributed by atoms with Gasteiger partial charge in [0.25, 0.3) is 5.24 Å². The second kappa shape index (κ2) is 10.2. The number of aliphatic imine (C=N–C) groups is 1. The summed E-state index contributed by atoms with van der Waals surface area (Å²) < 4.78 is 17.3. The number of amides is 3. The Balaban J connectivity index is 1.27. The van der Waals surface area contributed by atoms with Gasteiger partial charge in [-0.05, 0) is 50.9 Å². The van der Waals surface area contributed by atoms with E-state index >= 15 is 0 Å². The van der Waals surface area contributed by atoms with Crippen molar-refractivity contribution in [3.8, 4) is 0 Å². The maximum absolute atomic E-state index is 13.0. The molecule has 2 saturated carbocycles. The van der Waals surface area contributed by atoms with Gasteiger partial charge >= 0.3 is 0 Å². The van der Waals surface area contributed by atoms with E-state index in [4.69, 9.17) is 19.2 Å². The van der Waals surface area contributed by atoms with E-state index in [2.05, 4.69) is 5.32 Å². The summed E-state index contributed by atoms with van der Waals surface area (Å²) >= 11 is 1.11. The Morgan fingerprint density at radius 3 is 2.38 bits per heavy atom. The van der Waals surface area contributed by atoms with E-state index in [1.54, 1.807) is 26.2 Å². The molecule has 0 bridgehead atoms. The van der Waals surface area contributed by atoms with Gasteiger partial charge in [0, 0.05) is 21.3 Å². The first-order valence-corrected chi connectivity index (χ1v) is 12.3. The Morgan fingerprint density at radius 2 is 1.75 bits per heavy atom. The van der Waals surface area contributed by atoms with Gasteiger partial charge in [-0.1, -0.05) is 11.8 Å². The lowest BCUT2D eigenvalue weighted by atomic mass is 9.79. The van der Waals surface area contributed by atoms with Gasteiger partial charge in [-0.3, -0.25) is 24.7 Å². The van der Waals surface area contributed by atoms with Crippen molar-refractivity contribution in [3.05, 3.63) is 0 Å². The highest BCUT2D eigenvalue weighted by molar-refractivity contribution is 8.15. The molecule has 3 fully saturated rings. The fourth-order valence-corrected chi connectivity index (χ4v) is 6.34. The zero-order chi connectivity index (χ0) is 22.8. The lowest BCUT2D eigenvalue weighted by Gasteiger charge is -2.42. The molecule has 2 aliphatic carbocycles. The molecular formula is C22H33N3O6S. The summed E-state index contributed by atoms with van der Waals surface area (Å²) in [6.45, 7) is 0.321. The van der Waals surface area contributed by atoms with Crippen LogP contribution in [0.25, 0.3) is 0 Å². The van der Waals surface area contributed by atoms with Crippen LogP contribution in [-0.4, -0.2) is 85.3 Å². The number of hydrogen-bond donors (Lipinski definition) is 1. The van der Waals surface area contributed by atoms with Crippen LogP contribution < -0.4 is 5.32 Å². The van der Waals surface area contributed by atoms with Crippen LogP contribution in [-0.2, 0) is 23.8 Å². The van der Waals surface area contributed by atoms with Crippen molar-refractivity contribution in [1.82, 2.24) is 10.2 Å². The molecule has 0 aromatic heterocycles. The van der Waals surface area contributed by atoms with Crippen molar-refractivity contribution in [2.75, 3.05) is 27.9 Å². The van der Waals surface area contributed by atoms with Gasteiger partial charge in [0.1, 0.15) is 12.4 Å². The zero-order valence-corrected chi connectivity index (χ0v) is 19.8. The summed E-state index contributed by atoms with van der Waals surface area (Å²) in [7, 11) is 5.10. The minimum Gasteiger partial charge on any atom is -0.379 e. The second-order valence-electron chi connectivity index (χ2n) is 9.21. The van der Waals surface area contributed by atoms with E-state index in [0.717, 1.165) is 43.9 Å². The number of nitrogens with one attached hydrogen (secondary N) is 1. The van der Waals surface area contributed by atoms with Gasteiger partial charge in [-0.25, -0.2) is 0 Å². The molecule has 5 atom stereocenters. The van der Waals surface area contributed by atoms with Crippen LogP contribution in [0.3, 0.4) is 0 Å². The number of thioether (sulfide) groups is 1. The van der Waals surface area contributed by atoms with Crippen molar-refractivity contribution in [1.29, 1.82) is 0 Å². The molecule has 1 saturated heterocycles. The average molecular weight is 468 g/mol. The molecule has 0 aromatic rings. The van der Waals surface area contributed by atoms with Crippen molar-refractivity contribution < 1.29 is 28.6 Å². The number of methoxy groups -OCH3 is 2. The van der Waals surface area contributed by atoms with Gasteiger partial charge in [0.05, 0.1) is 35.5 Å². The summed E-state index contributed by atoms with van der Waals surface area (Å²) in [5.74, 6) is 0.860. The quantitative estimate of drug-likeness (QED) is 0.610. The first-order valence-electron chi connectivity index (χ1n) is 11.4. The Hall–Kier alpha value is -1.49. The lowest BCUT2D eigenvalue weighted by molar-refractivity contribution is -0.140. The number of nitrogens with zero attached hydrogens (tertiary/aromatic N) is 2. The summed E-state index contributed by atoms with van der Waals surface area (Å²) in [6, 6.07) is -0.0952. The van der Waals surface area contributed by atoms with Crippen molar-refractivity contribution in [3.63, 3.8) is 0 Å². The van der Waals surface area contributed by atoms with Gasteiger partial charge in [-0.2, -0.15) is 0 Å². The van der Waals surface area contributed by atoms with Gasteiger partial charge in [0.15, 0.2) is 0 Å². The van der Waals surface area contributed by atoms with E-state index in [1.807, 2.05) is 0 Å². The molecule has 0 radical (unpaired) electrons. The third-order valence-electron chi connectivity index (χ3n) is 7.35. The predicted molar refractivity (Wildman–Crippen MR) is 120 cm³/mol. The molecule has 0 spiro atoms. The van der Waals surface area contributed by atoms with E-state index in [-0.39, 0.29) is 52.6 Å². The average Bonchev–Trinajstić information content (AvgIpc) is 3.11. The van der Waals surface area contributed by atoms with Crippen LogP contribution >= 0.6 is 11.8 Å². The molecular weight excluding hydrogens is 434 g/mol. The number of likely N-dealkylation sites (N-methyl/N-ethyl adjacent to an activating group) is 1. The van der Waals surface area contributed by atoms with Crippen LogP contribution in [0, 0.1) is 11.8 Å². The van der Waals surface area contributed by atoms with E-state index in [0.29, 0.717) is 31.2 Å². The molecule has 2 aliphatic heterocycles. The summed E-state index contributed by atoms with van der Waals surface area (Å²) in [5, 5.41) is 1.87. The fourth-order valence-electron chi connectivity index (χ4n) is 5.38. The molecule has 178 valence electrons. The van der Waals surface area contributed by atoms with Crippen LogP contribution in [0.2, 0.25) is 0 Å². The van der Waals surface area contributed by atoms with Gasteiger partial charge in [-0.15, -0.1) is 0 Å². The van der Waals surface area contributed by atoms with E-state index in [1.165, 1.54) is 0 Å². The van der Waals surface area contributed by atoms with Crippen LogP contribution in [0.1, 0.15) is 44.9 Å². The largest absolute Gasteiger partial charge is 0.379 e. The summed E-state index contributed by atoms with van der Waals surface area (Å²) in [6.07, 6.45) is 5.78. The number of ether oxygens (including phenoxy) is 3. The van der Waals surface area contributed by atoms with Crippen LogP contribution in [0.4, 0.5) is 4.79 Å². The Bertz CT molecular complexity index is 769. The van der Waals surface area contributed by atoms with E-state index < -0.39 is 0 Å². The second-order valence-corrected chi connectivity index (χ2v) is 10.4. The van der Waals surface area contributed by atoms with Crippen LogP contribution in [0.5, 0.6) is 0 Å². The molecule has 32 heavy (non-hydrogen) atoms. The molecule has 4 aliphatic rings. The minimum atomic E-state index is -0.252. The molecule has 5 unspecified atom stereocenters. The SMILES string of the molecule is COC1CC2N=C(COC3CCC(CC4SC(=O)NC4=O)CC3)N(C)C(=O)C2CC1OC. The normalized spacial score (nSPS) is 37.8. The first-order chi connectivity index (χ1) is 15.4. The number of rotatable bonds is 7. The molecule has 9 nitrogen and oxygen atoms in total. The standard InChI is InChI=1S/C22H33N3O6S/c1-25-19(23-15-10-17(30-3)16(29-2)9-14(15)21(25)27)11-31-13-6-4-12(5-7-13)8-18-20(26)24-22(28)32-18/h12-18H,4-11H2,1-3H3,(H,24,26,28). The fraction of sp³-hybridized carbons (Fsp3) is 0.818. The third kappa shape index (κ3) is 5.03.